The topological polar surface area (TPSA) is 55.1 Å². The van der Waals surface area contributed by atoms with Gasteiger partial charge >= 0.3 is 0 Å². The van der Waals surface area contributed by atoms with Gasteiger partial charge in [0.1, 0.15) is 0 Å². The maximum absolute atomic E-state index is 11.3. The number of anilines is 1. The Kier molecular flexibility index (Phi) is 5.51. The molecule has 2 rings (SSSR count). The van der Waals surface area contributed by atoms with E-state index in [9.17, 15) is 4.79 Å². The molecule has 0 radical (unpaired) electrons. The van der Waals surface area contributed by atoms with Gasteiger partial charge in [0, 0.05) is 11.6 Å². The molecule has 4 heteroatoms. The molecule has 21 heavy (non-hydrogen) atoms. The van der Waals surface area contributed by atoms with Crippen molar-refractivity contribution in [3.05, 3.63) is 28.8 Å². The highest BCUT2D eigenvalue weighted by Gasteiger charge is 2.23. The minimum absolute atomic E-state index is 0.420. The van der Waals surface area contributed by atoms with Crippen molar-refractivity contribution in [2.45, 2.75) is 52.0 Å². The summed E-state index contributed by atoms with van der Waals surface area (Å²) in [5, 5.41) is 4.15. The summed E-state index contributed by atoms with van der Waals surface area (Å²) < 4.78 is 0. The van der Waals surface area contributed by atoms with Crippen LogP contribution in [0.4, 0.5) is 5.69 Å². The van der Waals surface area contributed by atoms with Crippen molar-refractivity contribution in [2.75, 3.05) is 5.32 Å². The molecule has 0 bridgehead atoms. The normalized spacial score (nSPS) is 22.3. The lowest BCUT2D eigenvalue weighted by Gasteiger charge is -2.31. The number of amides is 1. The van der Waals surface area contributed by atoms with Crippen molar-refractivity contribution < 1.29 is 4.79 Å². The molecule has 2 atom stereocenters. The average Bonchev–Trinajstić information content (AvgIpc) is 2.40. The quantitative estimate of drug-likeness (QED) is 0.844. The molecule has 1 aromatic rings. The van der Waals surface area contributed by atoms with E-state index in [-0.39, 0.29) is 0 Å². The summed E-state index contributed by atoms with van der Waals surface area (Å²) in [6.45, 7) is 4.56. The molecule has 0 aliphatic heterocycles. The lowest BCUT2D eigenvalue weighted by molar-refractivity contribution is 0.100. The Balaban J connectivity index is 2.03. The summed E-state index contributed by atoms with van der Waals surface area (Å²) in [6, 6.07) is 5.59. The number of primary amides is 1. The second-order valence-electron chi connectivity index (χ2n) is 6.56. The van der Waals surface area contributed by atoms with Gasteiger partial charge < -0.3 is 11.1 Å². The van der Waals surface area contributed by atoms with Crippen LogP contribution in [0.25, 0.3) is 0 Å². The van der Waals surface area contributed by atoms with Crippen LogP contribution in [-0.4, -0.2) is 11.9 Å². The summed E-state index contributed by atoms with van der Waals surface area (Å²) in [6.07, 6.45) is 6.20. The van der Waals surface area contributed by atoms with Gasteiger partial charge in [0.05, 0.1) is 10.7 Å². The van der Waals surface area contributed by atoms with Crippen LogP contribution in [0.1, 0.15) is 56.3 Å². The SMILES string of the molecule is CC(C)CC1CCCC(Nc2cc(C(N)=O)ccc2Cl)C1. The van der Waals surface area contributed by atoms with Gasteiger partial charge in [-0.05, 0) is 49.3 Å². The van der Waals surface area contributed by atoms with Gasteiger partial charge in [0.15, 0.2) is 0 Å². The molecule has 0 spiro atoms. The van der Waals surface area contributed by atoms with Gasteiger partial charge in [-0.25, -0.2) is 0 Å². The third-order valence-electron chi connectivity index (χ3n) is 4.20. The lowest BCUT2D eigenvalue weighted by Crippen LogP contribution is -2.28. The van der Waals surface area contributed by atoms with Gasteiger partial charge in [0.25, 0.3) is 0 Å². The third kappa shape index (κ3) is 4.63. The zero-order valence-electron chi connectivity index (χ0n) is 12.9. The molecule has 3 nitrogen and oxygen atoms in total. The molecule has 3 N–H and O–H groups in total. The number of rotatable bonds is 5. The first kappa shape index (κ1) is 16.2. The zero-order valence-corrected chi connectivity index (χ0v) is 13.6. The monoisotopic (exact) mass is 308 g/mol. The van der Waals surface area contributed by atoms with Crippen molar-refractivity contribution in [1.82, 2.24) is 0 Å². The number of hydrogen-bond donors (Lipinski definition) is 2. The number of carbonyl (C=O) groups is 1. The second kappa shape index (κ2) is 7.17. The van der Waals surface area contributed by atoms with Crippen LogP contribution in [0, 0.1) is 11.8 Å². The van der Waals surface area contributed by atoms with E-state index in [0.29, 0.717) is 16.6 Å². The van der Waals surface area contributed by atoms with Gasteiger partial charge in [0.2, 0.25) is 5.91 Å². The summed E-state index contributed by atoms with van der Waals surface area (Å²) >= 11 is 6.23. The Bertz CT molecular complexity index is 502. The Labute approximate surface area is 132 Å². The maximum Gasteiger partial charge on any atom is 0.248 e. The van der Waals surface area contributed by atoms with Crippen LogP contribution in [-0.2, 0) is 0 Å². The van der Waals surface area contributed by atoms with Gasteiger partial charge in [-0.1, -0.05) is 38.3 Å². The Hall–Kier alpha value is -1.22. The predicted molar refractivity (Wildman–Crippen MR) is 88.8 cm³/mol. The molecule has 1 fully saturated rings. The zero-order chi connectivity index (χ0) is 15.4. The fourth-order valence-corrected chi connectivity index (χ4v) is 3.48. The molecule has 1 aliphatic carbocycles. The molecule has 2 unspecified atom stereocenters. The van der Waals surface area contributed by atoms with Crippen LogP contribution >= 0.6 is 11.6 Å². The highest BCUT2D eigenvalue weighted by Crippen LogP contribution is 2.32. The molecule has 1 amide bonds. The highest BCUT2D eigenvalue weighted by molar-refractivity contribution is 6.33. The summed E-state index contributed by atoms with van der Waals surface area (Å²) in [4.78, 5) is 11.3. The van der Waals surface area contributed by atoms with E-state index in [4.69, 9.17) is 17.3 Å². The Morgan fingerprint density at radius 3 is 2.86 bits per heavy atom. The van der Waals surface area contributed by atoms with E-state index in [2.05, 4.69) is 19.2 Å². The van der Waals surface area contributed by atoms with E-state index in [1.165, 1.54) is 25.7 Å². The average molecular weight is 309 g/mol. The van der Waals surface area contributed by atoms with Crippen LogP contribution in [0.2, 0.25) is 5.02 Å². The number of benzene rings is 1. The van der Waals surface area contributed by atoms with E-state index < -0.39 is 5.91 Å². The number of carbonyl (C=O) groups excluding carboxylic acids is 1. The standard InChI is InChI=1S/C17H25ClN2O/c1-11(2)8-12-4-3-5-14(9-12)20-16-10-13(17(19)21)6-7-15(16)18/h6-7,10-12,14,20H,3-5,8-9H2,1-2H3,(H2,19,21). The molecule has 0 saturated heterocycles. The molecule has 0 aromatic heterocycles. The largest absolute Gasteiger partial charge is 0.381 e. The van der Waals surface area contributed by atoms with Crippen LogP contribution in [0.5, 0.6) is 0 Å². The summed E-state index contributed by atoms with van der Waals surface area (Å²) in [5.41, 5.74) is 6.65. The highest BCUT2D eigenvalue weighted by atomic mass is 35.5. The first-order valence-corrected chi connectivity index (χ1v) is 8.19. The van der Waals surface area contributed by atoms with Crippen LogP contribution < -0.4 is 11.1 Å². The maximum atomic E-state index is 11.3. The smallest absolute Gasteiger partial charge is 0.248 e. The minimum Gasteiger partial charge on any atom is -0.381 e. The van der Waals surface area contributed by atoms with E-state index in [1.807, 2.05) is 0 Å². The molecule has 1 aliphatic rings. The first-order chi connectivity index (χ1) is 9.95. The molecule has 116 valence electrons. The van der Waals surface area contributed by atoms with E-state index in [0.717, 1.165) is 23.9 Å². The fraction of sp³-hybridized carbons (Fsp3) is 0.588. The molecular weight excluding hydrogens is 284 g/mol. The summed E-state index contributed by atoms with van der Waals surface area (Å²) in [5.74, 6) is 1.11. The number of hydrogen-bond acceptors (Lipinski definition) is 2. The third-order valence-corrected chi connectivity index (χ3v) is 4.53. The van der Waals surface area contributed by atoms with Crippen LogP contribution in [0.3, 0.4) is 0 Å². The van der Waals surface area contributed by atoms with Crippen molar-refractivity contribution in [1.29, 1.82) is 0 Å². The van der Waals surface area contributed by atoms with E-state index in [1.54, 1.807) is 18.2 Å². The second-order valence-corrected chi connectivity index (χ2v) is 6.97. The number of nitrogens with two attached hydrogens (primary N) is 1. The fourth-order valence-electron chi connectivity index (χ4n) is 3.31. The van der Waals surface area contributed by atoms with E-state index >= 15 is 0 Å². The van der Waals surface area contributed by atoms with Gasteiger partial charge in [-0.2, -0.15) is 0 Å². The summed E-state index contributed by atoms with van der Waals surface area (Å²) in [7, 11) is 0. The minimum atomic E-state index is -0.420. The van der Waals surface area contributed by atoms with Gasteiger partial charge in [-0.15, -0.1) is 0 Å². The van der Waals surface area contributed by atoms with Crippen molar-refractivity contribution >= 4 is 23.2 Å². The molecular formula is C17H25ClN2O. The van der Waals surface area contributed by atoms with Crippen molar-refractivity contribution in [3.63, 3.8) is 0 Å². The lowest BCUT2D eigenvalue weighted by atomic mass is 9.81. The Morgan fingerprint density at radius 2 is 2.19 bits per heavy atom. The van der Waals surface area contributed by atoms with Crippen molar-refractivity contribution in [2.24, 2.45) is 17.6 Å². The molecule has 1 saturated carbocycles. The predicted octanol–water partition coefficient (Wildman–Crippen LogP) is 4.46. The first-order valence-electron chi connectivity index (χ1n) is 7.81. The number of nitrogens with one attached hydrogen (secondary N) is 1. The van der Waals surface area contributed by atoms with Crippen LogP contribution in [0.15, 0.2) is 18.2 Å². The van der Waals surface area contributed by atoms with Gasteiger partial charge in [-0.3, -0.25) is 4.79 Å². The molecule has 0 heterocycles. The Morgan fingerprint density at radius 1 is 1.43 bits per heavy atom. The molecule has 1 aromatic carbocycles. The number of halogens is 1. The van der Waals surface area contributed by atoms with Crippen molar-refractivity contribution in [3.8, 4) is 0 Å².